The summed E-state index contributed by atoms with van der Waals surface area (Å²) in [6, 6.07) is 0. The van der Waals surface area contributed by atoms with Crippen molar-refractivity contribution < 1.29 is 9.53 Å². The minimum absolute atomic E-state index is 0.0498. The third kappa shape index (κ3) is 2.60. The van der Waals surface area contributed by atoms with Crippen LogP contribution in [-0.2, 0) is 9.53 Å². The lowest BCUT2D eigenvalue weighted by Gasteiger charge is -2.25. The summed E-state index contributed by atoms with van der Waals surface area (Å²) in [6.45, 7) is 9.91. The number of allylic oxidation sites excluding steroid dienone is 1. The number of hydrogen-bond donors (Lipinski definition) is 0. The summed E-state index contributed by atoms with van der Waals surface area (Å²) in [7, 11) is 0. The molecule has 0 aromatic heterocycles. The fourth-order valence-corrected chi connectivity index (χ4v) is 1.90. The van der Waals surface area contributed by atoms with Crippen molar-refractivity contribution in [1.29, 1.82) is 0 Å². The first-order chi connectivity index (χ1) is 6.45. The predicted octanol–water partition coefficient (Wildman–Crippen LogP) is 2.93. The molecule has 1 aliphatic heterocycles. The average molecular weight is 196 g/mol. The maximum atomic E-state index is 11.1. The maximum absolute atomic E-state index is 11.1. The molecule has 0 aromatic rings. The van der Waals surface area contributed by atoms with Gasteiger partial charge < -0.3 is 4.74 Å². The highest BCUT2D eigenvalue weighted by Crippen LogP contribution is 2.36. The zero-order valence-corrected chi connectivity index (χ0v) is 9.38. The van der Waals surface area contributed by atoms with Crippen molar-refractivity contribution in [2.24, 2.45) is 11.8 Å². The summed E-state index contributed by atoms with van der Waals surface area (Å²) in [5.74, 6) is 0.852. The predicted molar refractivity (Wildman–Crippen MR) is 56.9 cm³/mol. The summed E-state index contributed by atoms with van der Waals surface area (Å²) in [4.78, 5) is 11.1. The van der Waals surface area contributed by atoms with Gasteiger partial charge in [0.1, 0.15) is 5.60 Å². The van der Waals surface area contributed by atoms with E-state index in [-0.39, 0.29) is 11.6 Å². The van der Waals surface area contributed by atoms with E-state index >= 15 is 0 Å². The molecule has 0 bridgehead atoms. The largest absolute Gasteiger partial charge is 0.459 e. The number of ether oxygens (including phenoxy) is 1. The second kappa shape index (κ2) is 4.16. The van der Waals surface area contributed by atoms with Gasteiger partial charge in [-0.2, -0.15) is 0 Å². The molecular formula is C12H20O2. The number of rotatable bonds is 4. The lowest BCUT2D eigenvalue weighted by molar-refractivity contribution is -0.146. The van der Waals surface area contributed by atoms with E-state index in [2.05, 4.69) is 13.5 Å². The van der Waals surface area contributed by atoms with Crippen LogP contribution in [0.25, 0.3) is 0 Å². The first kappa shape index (κ1) is 11.3. The van der Waals surface area contributed by atoms with Crippen molar-refractivity contribution in [3.63, 3.8) is 0 Å². The minimum atomic E-state index is -0.266. The van der Waals surface area contributed by atoms with Gasteiger partial charge in [0.05, 0.1) is 6.42 Å². The first-order valence-corrected chi connectivity index (χ1v) is 5.30. The van der Waals surface area contributed by atoms with E-state index in [9.17, 15) is 4.79 Å². The Labute approximate surface area is 86.3 Å². The van der Waals surface area contributed by atoms with Gasteiger partial charge in [-0.05, 0) is 32.6 Å². The number of carbonyl (C=O) groups is 1. The lowest BCUT2D eigenvalue weighted by atomic mass is 9.85. The molecule has 1 fully saturated rings. The van der Waals surface area contributed by atoms with Gasteiger partial charge in [-0.3, -0.25) is 4.79 Å². The molecule has 1 saturated heterocycles. The van der Waals surface area contributed by atoms with Gasteiger partial charge in [0, 0.05) is 5.92 Å². The Kier molecular flexibility index (Phi) is 3.35. The molecule has 80 valence electrons. The molecule has 0 radical (unpaired) electrons. The monoisotopic (exact) mass is 196 g/mol. The van der Waals surface area contributed by atoms with Gasteiger partial charge in [0.15, 0.2) is 0 Å². The normalized spacial score (nSPS) is 27.1. The van der Waals surface area contributed by atoms with Crippen LogP contribution in [0.4, 0.5) is 0 Å². The average Bonchev–Trinajstić information content (AvgIpc) is 2.35. The van der Waals surface area contributed by atoms with Gasteiger partial charge >= 0.3 is 5.97 Å². The number of hydrogen-bond acceptors (Lipinski definition) is 2. The van der Waals surface area contributed by atoms with Crippen molar-refractivity contribution in [2.75, 3.05) is 0 Å². The topological polar surface area (TPSA) is 26.3 Å². The van der Waals surface area contributed by atoms with Crippen LogP contribution in [0.15, 0.2) is 12.7 Å². The summed E-state index contributed by atoms with van der Waals surface area (Å²) in [6.07, 6.45) is 4.68. The standard InChI is InChI=1S/C12H20O2/c1-5-9(2)6-7-10-8-11(13)14-12(10,3)4/h5,9-10H,1,6-8H2,2-4H3. The smallest absolute Gasteiger partial charge is 0.306 e. The zero-order chi connectivity index (χ0) is 10.8. The van der Waals surface area contributed by atoms with Crippen molar-refractivity contribution in [2.45, 2.75) is 45.6 Å². The van der Waals surface area contributed by atoms with Crippen molar-refractivity contribution in [1.82, 2.24) is 0 Å². The van der Waals surface area contributed by atoms with Gasteiger partial charge in [-0.15, -0.1) is 6.58 Å². The second-order valence-electron chi connectivity index (χ2n) is 4.77. The molecule has 0 saturated carbocycles. The molecule has 1 rings (SSSR count). The van der Waals surface area contributed by atoms with Crippen LogP contribution in [0, 0.1) is 11.8 Å². The quantitative estimate of drug-likeness (QED) is 0.510. The van der Waals surface area contributed by atoms with Gasteiger partial charge in [-0.25, -0.2) is 0 Å². The van der Waals surface area contributed by atoms with Crippen molar-refractivity contribution in [3.05, 3.63) is 12.7 Å². The number of cyclic esters (lactones) is 1. The van der Waals surface area contributed by atoms with Crippen LogP contribution in [0.5, 0.6) is 0 Å². The van der Waals surface area contributed by atoms with E-state index in [1.165, 1.54) is 0 Å². The third-order valence-corrected chi connectivity index (χ3v) is 3.15. The summed E-state index contributed by atoms with van der Waals surface area (Å²) in [5.41, 5.74) is -0.266. The van der Waals surface area contributed by atoms with Crippen LogP contribution >= 0.6 is 0 Å². The Morgan fingerprint density at radius 2 is 2.36 bits per heavy atom. The fourth-order valence-electron chi connectivity index (χ4n) is 1.90. The molecule has 0 amide bonds. The molecule has 2 unspecified atom stereocenters. The van der Waals surface area contributed by atoms with Crippen LogP contribution < -0.4 is 0 Å². The lowest BCUT2D eigenvalue weighted by Crippen LogP contribution is -2.27. The SMILES string of the molecule is C=CC(C)CCC1CC(=O)OC1(C)C. The second-order valence-corrected chi connectivity index (χ2v) is 4.77. The molecule has 0 spiro atoms. The highest BCUT2D eigenvalue weighted by Gasteiger charge is 2.40. The van der Waals surface area contributed by atoms with Crippen molar-refractivity contribution in [3.8, 4) is 0 Å². The highest BCUT2D eigenvalue weighted by atomic mass is 16.6. The number of carbonyl (C=O) groups excluding carboxylic acids is 1. The zero-order valence-electron chi connectivity index (χ0n) is 9.38. The molecule has 1 aliphatic rings. The van der Waals surface area contributed by atoms with Gasteiger partial charge in [0.2, 0.25) is 0 Å². The summed E-state index contributed by atoms with van der Waals surface area (Å²) in [5, 5.41) is 0. The molecule has 0 N–H and O–H groups in total. The van der Waals surface area contributed by atoms with E-state index in [0.717, 1.165) is 12.8 Å². The van der Waals surface area contributed by atoms with Crippen LogP contribution in [0.1, 0.15) is 40.0 Å². The van der Waals surface area contributed by atoms with E-state index in [1.54, 1.807) is 0 Å². The molecule has 0 aliphatic carbocycles. The van der Waals surface area contributed by atoms with Crippen LogP contribution in [-0.4, -0.2) is 11.6 Å². The van der Waals surface area contributed by atoms with E-state index in [4.69, 9.17) is 4.74 Å². The molecule has 0 aromatic carbocycles. The van der Waals surface area contributed by atoms with Crippen LogP contribution in [0.2, 0.25) is 0 Å². The molecule has 2 heteroatoms. The Balaban J connectivity index is 2.45. The Morgan fingerprint density at radius 3 is 2.79 bits per heavy atom. The van der Waals surface area contributed by atoms with Crippen molar-refractivity contribution >= 4 is 5.97 Å². The van der Waals surface area contributed by atoms with Crippen LogP contribution in [0.3, 0.4) is 0 Å². The van der Waals surface area contributed by atoms with E-state index < -0.39 is 0 Å². The minimum Gasteiger partial charge on any atom is -0.459 e. The molecule has 14 heavy (non-hydrogen) atoms. The van der Waals surface area contributed by atoms with E-state index in [0.29, 0.717) is 18.3 Å². The molecular weight excluding hydrogens is 176 g/mol. The highest BCUT2D eigenvalue weighted by molar-refractivity contribution is 5.72. The van der Waals surface area contributed by atoms with Gasteiger partial charge in [-0.1, -0.05) is 13.0 Å². The fraction of sp³-hybridized carbons (Fsp3) is 0.750. The Hall–Kier alpha value is -0.790. The maximum Gasteiger partial charge on any atom is 0.306 e. The third-order valence-electron chi connectivity index (χ3n) is 3.15. The van der Waals surface area contributed by atoms with Gasteiger partial charge in [0.25, 0.3) is 0 Å². The first-order valence-electron chi connectivity index (χ1n) is 5.30. The Morgan fingerprint density at radius 1 is 1.71 bits per heavy atom. The molecule has 1 heterocycles. The molecule has 2 atom stereocenters. The Bertz CT molecular complexity index is 230. The summed E-state index contributed by atoms with van der Waals surface area (Å²) < 4.78 is 5.26. The number of esters is 1. The van der Waals surface area contributed by atoms with E-state index in [1.807, 2.05) is 19.9 Å². The summed E-state index contributed by atoms with van der Waals surface area (Å²) >= 11 is 0. The molecule has 2 nitrogen and oxygen atoms in total.